The maximum absolute atomic E-state index is 5.20. The minimum absolute atomic E-state index is 0.735. The van der Waals surface area contributed by atoms with E-state index in [4.69, 9.17) is 9.97 Å². The Morgan fingerprint density at radius 3 is 1.29 bits per heavy atom. The largest absolute Gasteiger partial charge is 0.226 e. The van der Waals surface area contributed by atoms with Crippen molar-refractivity contribution >= 4 is 31.6 Å². The molecule has 2 nitrogen and oxygen atoms in total. The molecule has 0 radical (unpaired) electrons. The summed E-state index contributed by atoms with van der Waals surface area (Å²) in [5.41, 5.74) is 13.6. The third-order valence-electron chi connectivity index (χ3n) is 9.08. The number of benzene rings is 7. The summed E-state index contributed by atoms with van der Waals surface area (Å²) < 4.78 is 2.34. The number of fused-ring (bicyclic) bond motifs is 3. The van der Waals surface area contributed by atoms with Crippen LogP contribution in [0, 0.1) is 0 Å². The Hall–Kier alpha value is -6.16. The van der Waals surface area contributed by atoms with Crippen LogP contribution in [-0.4, -0.2) is 9.97 Å². The predicted molar refractivity (Wildman–Crippen MR) is 208 cm³/mol. The highest BCUT2D eigenvalue weighted by molar-refractivity contribution is 7.26. The van der Waals surface area contributed by atoms with Gasteiger partial charge in [0.1, 0.15) is 0 Å². The Labute approximate surface area is 289 Å². The van der Waals surface area contributed by atoms with Gasteiger partial charge >= 0.3 is 0 Å². The third kappa shape index (κ3) is 5.61. The highest BCUT2D eigenvalue weighted by Gasteiger charge is 2.17. The van der Waals surface area contributed by atoms with Crippen molar-refractivity contribution in [3.63, 3.8) is 0 Å². The second kappa shape index (κ2) is 12.5. The lowest BCUT2D eigenvalue weighted by molar-refractivity contribution is 1.24. The minimum Gasteiger partial charge on any atom is -0.226 e. The maximum atomic E-state index is 5.20. The number of nitrogens with zero attached hydrogens (tertiary/aromatic N) is 2. The summed E-state index contributed by atoms with van der Waals surface area (Å²) in [5.74, 6) is 0.735. The van der Waals surface area contributed by atoms with Crippen molar-refractivity contribution in [2.75, 3.05) is 0 Å². The molecule has 2 heterocycles. The van der Waals surface area contributed by atoms with E-state index in [1.54, 1.807) is 11.3 Å². The molecule has 230 valence electrons. The minimum atomic E-state index is 0.735. The van der Waals surface area contributed by atoms with Crippen molar-refractivity contribution in [3.8, 4) is 67.2 Å². The van der Waals surface area contributed by atoms with Crippen LogP contribution >= 0.6 is 11.3 Å². The van der Waals surface area contributed by atoms with Crippen molar-refractivity contribution in [2.45, 2.75) is 0 Å². The number of hydrogen-bond acceptors (Lipinski definition) is 3. The molecule has 3 heteroatoms. The van der Waals surface area contributed by atoms with Crippen LogP contribution in [0.5, 0.6) is 0 Å². The smallest absolute Gasteiger partial charge is 0.160 e. The van der Waals surface area contributed by atoms with Crippen LogP contribution < -0.4 is 0 Å². The fourth-order valence-corrected chi connectivity index (χ4v) is 7.77. The van der Waals surface area contributed by atoms with Crippen LogP contribution in [0.2, 0.25) is 0 Å². The molecule has 0 N–H and O–H groups in total. The second-order valence-electron chi connectivity index (χ2n) is 12.2. The highest BCUT2D eigenvalue weighted by Crippen LogP contribution is 2.40. The molecular formula is C46H30N2S. The quantitative estimate of drug-likeness (QED) is 0.180. The van der Waals surface area contributed by atoms with Gasteiger partial charge in [-0.2, -0.15) is 0 Å². The number of aromatic nitrogens is 2. The van der Waals surface area contributed by atoms with E-state index in [0.29, 0.717) is 0 Å². The van der Waals surface area contributed by atoms with Crippen molar-refractivity contribution in [3.05, 3.63) is 182 Å². The van der Waals surface area contributed by atoms with E-state index in [-0.39, 0.29) is 0 Å². The van der Waals surface area contributed by atoms with Gasteiger partial charge in [-0.3, -0.25) is 0 Å². The highest BCUT2D eigenvalue weighted by atomic mass is 32.1. The first kappa shape index (κ1) is 29.0. The SMILES string of the molecule is c1ccc(-c2cccc(-c3cccc(-c4cccc(-c5cccc(-c6nc(-c7ccccc7)c7sc8ccccc8c7n6)c5)c4)c3)c2)cc1. The van der Waals surface area contributed by atoms with Crippen LogP contribution in [0.15, 0.2) is 182 Å². The van der Waals surface area contributed by atoms with Crippen LogP contribution in [-0.2, 0) is 0 Å². The predicted octanol–water partition coefficient (Wildman–Crippen LogP) is 12.8. The lowest BCUT2D eigenvalue weighted by atomic mass is 9.94. The molecule has 0 aliphatic carbocycles. The molecule has 0 aliphatic heterocycles. The van der Waals surface area contributed by atoms with Gasteiger partial charge in [0.2, 0.25) is 0 Å². The Balaban J connectivity index is 1.09. The fraction of sp³-hybridized carbons (Fsp3) is 0. The lowest BCUT2D eigenvalue weighted by Crippen LogP contribution is -1.94. The molecule has 0 bridgehead atoms. The lowest BCUT2D eigenvalue weighted by Gasteiger charge is -2.11. The van der Waals surface area contributed by atoms with Crippen molar-refractivity contribution < 1.29 is 0 Å². The first-order chi connectivity index (χ1) is 24.3. The van der Waals surface area contributed by atoms with Gasteiger partial charge in [-0.1, -0.05) is 152 Å². The monoisotopic (exact) mass is 642 g/mol. The fourth-order valence-electron chi connectivity index (χ4n) is 6.62. The topological polar surface area (TPSA) is 25.8 Å². The van der Waals surface area contributed by atoms with Crippen LogP contribution in [0.1, 0.15) is 0 Å². The molecule has 0 unspecified atom stereocenters. The molecule has 2 aromatic heterocycles. The molecular weight excluding hydrogens is 613 g/mol. The zero-order valence-corrected chi connectivity index (χ0v) is 27.4. The van der Waals surface area contributed by atoms with Gasteiger partial charge in [-0.25, -0.2) is 9.97 Å². The molecule has 9 aromatic rings. The Morgan fingerprint density at radius 1 is 0.327 bits per heavy atom. The van der Waals surface area contributed by atoms with Crippen molar-refractivity contribution in [1.29, 1.82) is 0 Å². The van der Waals surface area contributed by atoms with Crippen molar-refractivity contribution in [1.82, 2.24) is 9.97 Å². The first-order valence-corrected chi connectivity index (χ1v) is 17.3. The molecule has 0 saturated heterocycles. The Kier molecular flexibility index (Phi) is 7.38. The number of rotatable bonds is 6. The van der Waals surface area contributed by atoms with Crippen LogP contribution in [0.4, 0.5) is 0 Å². The summed E-state index contributed by atoms with van der Waals surface area (Å²) in [5, 5.41) is 1.17. The van der Waals surface area contributed by atoms with E-state index in [2.05, 4.69) is 176 Å². The van der Waals surface area contributed by atoms with Gasteiger partial charge in [0.15, 0.2) is 5.82 Å². The average Bonchev–Trinajstić information content (AvgIpc) is 3.57. The van der Waals surface area contributed by atoms with Gasteiger partial charge < -0.3 is 0 Å². The van der Waals surface area contributed by atoms with E-state index in [9.17, 15) is 0 Å². The molecule has 7 aromatic carbocycles. The van der Waals surface area contributed by atoms with E-state index in [1.807, 2.05) is 6.07 Å². The summed E-state index contributed by atoms with van der Waals surface area (Å²) in [6.45, 7) is 0. The normalized spacial score (nSPS) is 11.3. The number of hydrogen-bond donors (Lipinski definition) is 0. The maximum Gasteiger partial charge on any atom is 0.160 e. The molecule has 0 amide bonds. The van der Waals surface area contributed by atoms with Gasteiger partial charge in [-0.05, 0) is 74.8 Å². The van der Waals surface area contributed by atoms with E-state index in [1.165, 1.54) is 43.5 Å². The molecule has 0 aliphatic rings. The molecule has 9 rings (SSSR count). The van der Waals surface area contributed by atoms with E-state index in [0.717, 1.165) is 44.0 Å². The summed E-state index contributed by atoms with van der Waals surface area (Å²) in [7, 11) is 0. The van der Waals surface area contributed by atoms with Crippen LogP contribution in [0.3, 0.4) is 0 Å². The van der Waals surface area contributed by atoms with Gasteiger partial charge in [-0.15, -0.1) is 11.3 Å². The first-order valence-electron chi connectivity index (χ1n) is 16.5. The van der Waals surface area contributed by atoms with Gasteiger partial charge in [0, 0.05) is 21.2 Å². The molecule has 0 spiro atoms. The number of thiophene rings is 1. The Bertz CT molecular complexity index is 2600. The summed E-state index contributed by atoms with van der Waals surface area (Å²) in [6, 6.07) is 64.5. The molecule has 0 saturated carbocycles. The van der Waals surface area contributed by atoms with Gasteiger partial charge in [0.05, 0.1) is 15.9 Å². The summed E-state index contributed by atoms with van der Waals surface area (Å²) >= 11 is 1.76. The Morgan fingerprint density at radius 2 is 0.735 bits per heavy atom. The third-order valence-corrected chi connectivity index (χ3v) is 10.2. The molecule has 0 atom stereocenters. The zero-order chi connectivity index (χ0) is 32.6. The summed E-state index contributed by atoms with van der Waals surface area (Å²) in [6.07, 6.45) is 0. The molecule has 0 fully saturated rings. The van der Waals surface area contributed by atoms with Gasteiger partial charge in [0.25, 0.3) is 0 Å². The zero-order valence-electron chi connectivity index (χ0n) is 26.6. The average molecular weight is 643 g/mol. The van der Waals surface area contributed by atoms with E-state index < -0.39 is 0 Å². The van der Waals surface area contributed by atoms with Crippen LogP contribution in [0.25, 0.3) is 87.5 Å². The summed E-state index contributed by atoms with van der Waals surface area (Å²) in [4.78, 5) is 10.4. The van der Waals surface area contributed by atoms with Crippen molar-refractivity contribution in [2.24, 2.45) is 0 Å². The van der Waals surface area contributed by atoms with E-state index >= 15 is 0 Å². The molecule has 49 heavy (non-hydrogen) atoms. The second-order valence-corrected chi connectivity index (χ2v) is 13.3. The standard InChI is InChI=1S/C46H30N2S/c1-3-13-31(14-4-1)33-17-9-18-34(27-33)35-19-10-20-36(28-35)37-21-11-22-38(29-37)39-23-12-24-40(30-39)46-47-43(32-15-5-2-6-16-32)45-44(48-46)41-25-7-8-26-42(41)49-45/h1-30H.